The lowest BCUT2D eigenvalue weighted by molar-refractivity contribution is -0.173. The van der Waals surface area contributed by atoms with Crippen LogP contribution >= 0.6 is 7.60 Å². The second-order valence-corrected chi connectivity index (χ2v) is 9.28. The molecule has 0 bridgehead atoms. The van der Waals surface area contributed by atoms with Gasteiger partial charge in [0.15, 0.2) is 6.10 Å². The Balaban J connectivity index is 2.45. The van der Waals surface area contributed by atoms with Crippen molar-refractivity contribution in [2.45, 2.75) is 31.2 Å². The predicted molar refractivity (Wildman–Crippen MR) is 125 cm³/mol. The molecule has 3 N–H and O–H groups in total. The summed E-state index contributed by atoms with van der Waals surface area (Å²) in [5.41, 5.74) is 0.234. The number of esters is 1. The third-order valence-corrected chi connectivity index (χ3v) is 6.39. The number of carbonyl (C=O) groups is 2. The third kappa shape index (κ3) is 8.14. The molecule has 0 fully saturated rings. The number of rotatable bonds is 14. The summed E-state index contributed by atoms with van der Waals surface area (Å²) in [5, 5.41) is 22.7. The van der Waals surface area contributed by atoms with Crippen LogP contribution < -0.4 is 5.32 Å². The first-order valence-corrected chi connectivity index (χ1v) is 12.3. The Morgan fingerprint density at radius 3 is 2.37 bits per heavy atom. The zero-order valence-electron chi connectivity index (χ0n) is 19.3. The number of benzene rings is 1. The van der Waals surface area contributed by atoms with Crippen LogP contribution in [0.3, 0.4) is 0 Å². The monoisotopic (exact) mass is 511 g/mol. The van der Waals surface area contributed by atoms with Crippen molar-refractivity contribution in [3.63, 3.8) is 0 Å². The van der Waals surface area contributed by atoms with E-state index in [9.17, 15) is 24.4 Å². The van der Waals surface area contributed by atoms with E-state index in [1.807, 2.05) is 0 Å². The molecule has 1 aliphatic rings. The van der Waals surface area contributed by atoms with Gasteiger partial charge in [-0.2, -0.15) is 0 Å². The van der Waals surface area contributed by atoms with Crippen molar-refractivity contribution in [3.8, 4) is 0 Å². The highest BCUT2D eigenvalue weighted by Gasteiger charge is 2.46. The first kappa shape index (κ1) is 28.4. The molecule has 1 aromatic carbocycles. The van der Waals surface area contributed by atoms with E-state index in [-0.39, 0.29) is 37.8 Å². The van der Waals surface area contributed by atoms with E-state index in [1.165, 1.54) is 37.3 Å². The number of amides is 1. The van der Waals surface area contributed by atoms with Crippen LogP contribution in [0.15, 0.2) is 67.5 Å². The first-order valence-electron chi connectivity index (χ1n) is 10.7. The average Bonchev–Trinajstić information content (AvgIpc) is 2.86. The molecule has 12 heteroatoms. The molecular formula is C23H30NO10P. The fraction of sp³-hybridized carbons (Fsp3) is 0.391. The van der Waals surface area contributed by atoms with E-state index in [4.69, 9.17) is 23.3 Å². The summed E-state index contributed by atoms with van der Waals surface area (Å²) < 4.78 is 40.5. The predicted octanol–water partition coefficient (Wildman–Crippen LogP) is 1.88. The standard InChI is InChI=1S/C23H30NO10P/c1-4-12-31-35(29,32-13-5-2)22(28)19-15-18(33-21(27)17-9-7-6-8-10-17)20(24-16(3)26)23(34-19)30-14-11-25/h4-10,15,18,20,22-23,25,28H,1-2,11-14H2,3H3,(H,24,26)/t18-,20+,22?,23+/m0/s1. The number of ether oxygens (including phenoxy) is 3. The van der Waals surface area contributed by atoms with Crippen LogP contribution in [-0.2, 0) is 32.6 Å². The molecule has 4 atom stereocenters. The van der Waals surface area contributed by atoms with Gasteiger partial charge in [0, 0.05) is 6.92 Å². The van der Waals surface area contributed by atoms with Crippen LogP contribution in [0.4, 0.5) is 0 Å². The summed E-state index contributed by atoms with van der Waals surface area (Å²) in [4.78, 5) is 24.6. The maximum atomic E-state index is 13.3. The summed E-state index contributed by atoms with van der Waals surface area (Å²) >= 11 is 0. The van der Waals surface area contributed by atoms with Crippen molar-refractivity contribution in [3.05, 3.63) is 73.0 Å². The Morgan fingerprint density at radius 2 is 1.83 bits per heavy atom. The van der Waals surface area contributed by atoms with E-state index in [2.05, 4.69) is 18.5 Å². The van der Waals surface area contributed by atoms with Gasteiger partial charge in [-0.15, -0.1) is 13.2 Å². The topological polar surface area (TPSA) is 150 Å². The van der Waals surface area contributed by atoms with E-state index < -0.39 is 43.8 Å². The Morgan fingerprint density at radius 1 is 1.20 bits per heavy atom. The quantitative estimate of drug-likeness (QED) is 0.192. The summed E-state index contributed by atoms with van der Waals surface area (Å²) in [7, 11) is -4.24. The van der Waals surface area contributed by atoms with Crippen molar-refractivity contribution in [2.24, 2.45) is 0 Å². The van der Waals surface area contributed by atoms with Gasteiger partial charge in [0.1, 0.15) is 11.8 Å². The van der Waals surface area contributed by atoms with Crippen molar-refractivity contribution in [1.82, 2.24) is 5.32 Å². The molecule has 0 spiro atoms. The lowest BCUT2D eigenvalue weighted by atomic mass is 10.1. The molecule has 1 amide bonds. The van der Waals surface area contributed by atoms with Crippen LogP contribution in [0.1, 0.15) is 17.3 Å². The highest BCUT2D eigenvalue weighted by molar-refractivity contribution is 7.54. The van der Waals surface area contributed by atoms with Gasteiger partial charge in [0.05, 0.1) is 32.0 Å². The maximum absolute atomic E-state index is 13.3. The van der Waals surface area contributed by atoms with Gasteiger partial charge in [-0.05, 0) is 18.2 Å². The van der Waals surface area contributed by atoms with E-state index in [1.54, 1.807) is 18.2 Å². The van der Waals surface area contributed by atoms with Gasteiger partial charge in [-0.3, -0.25) is 9.36 Å². The Labute approximate surface area is 203 Å². The van der Waals surface area contributed by atoms with Crippen LogP contribution in [0.2, 0.25) is 0 Å². The minimum absolute atomic E-state index is 0.204. The van der Waals surface area contributed by atoms with Crippen LogP contribution in [0.5, 0.6) is 0 Å². The summed E-state index contributed by atoms with van der Waals surface area (Å²) in [6.45, 7) is 7.21. The summed E-state index contributed by atoms with van der Waals surface area (Å²) in [6.07, 6.45) is 1.27. The zero-order chi connectivity index (χ0) is 25.8. The number of hydrogen-bond donors (Lipinski definition) is 3. The van der Waals surface area contributed by atoms with E-state index in [0.717, 1.165) is 0 Å². The maximum Gasteiger partial charge on any atom is 0.367 e. The summed E-state index contributed by atoms with van der Waals surface area (Å²) in [6, 6.07) is 7.03. The van der Waals surface area contributed by atoms with Crippen molar-refractivity contribution in [1.29, 1.82) is 0 Å². The lowest BCUT2D eigenvalue weighted by Crippen LogP contribution is -2.55. The van der Waals surface area contributed by atoms with Crippen LogP contribution in [-0.4, -0.2) is 72.8 Å². The molecule has 35 heavy (non-hydrogen) atoms. The molecule has 0 radical (unpaired) electrons. The second kappa shape index (κ2) is 13.9. The van der Waals surface area contributed by atoms with Gasteiger partial charge in [-0.1, -0.05) is 30.4 Å². The fourth-order valence-corrected chi connectivity index (χ4v) is 4.47. The molecule has 1 aromatic rings. The van der Waals surface area contributed by atoms with E-state index in [0.29, 0.717) is 0 Å². The molecule has 192 valence electrons. The van der Waals surface area contributed by atoms with Crippen molar-refractivity contribution < 1.29 is 47.6 Å². The number of aliphatic hydroxyl groups is 2. The minimum atomic E-state index is -4.24. The molecular weight excluding hydrogens is 481 g/mol. The number of carbonyl (C=O) groups excluding carboxylic acids is 2. The SMILES string of the molecule is C=CCOP(=O)(OCC=C)C(O)C1=C[C@H](OC(=O)c2ccccc2)[C@@H](NC(C)=O)[C@H](OCCO)O1. The lowest BCUT2D eigenvalue weighted by Gasteiger charge is -2.38. The molecule has 1 heterocycles. The highest BCUT2D eigenvalue weighted by atomic mass is 31.2. The third-order valence-electron chi connectivity index (χ3n) is 4.52. The normalized spacial score (nSPS) is 20.7. The largest absolute Gasteiger partial charge is 0.464 e. The van der Waals surface area contributed by atoms with Gasteiger partial charge in [0.25, 0.3) is 0 Å². The second-order valence-electron chi connectivity index (χ2n) is 7.19. The highest BCUT2D eigenvalue weighted by Crippen LogP contribution is 2.55. The Kier molecular flexibility index (Phi) is 11.3. The average molecular weight is 511 g/mol. The molecule has 1 aliphatic heterocycles. The Hall–Kier alpha value is -2.79. The van der Waals surface area contributed by atoms with Gasteiger partial charge in [0.2, 0.25) is 18.0 Å². The smallest absolute Gasteiger partial charge is 0.367 e. The van der Waals surface area contributed by atoms with E-state index >= 15 is 0 Å². The van der Waals surface area contributed by atoms with Gasteiger partial charge in [-0.25, -0.2) is 4.79 Å². The number of hydrogen-bond acceptors (Lipinski definition) is 10. The summed E-state index contributed by atoms with van der Waals surface area (Å²) in [5.74, 6) is -3.49. The van der Waals surface area contributed by atoms with Crippen molar-refractivity contribution in [2.75, 3.05) is 26.4 Å². The molecule has 1 unspecified atom stereocenters. The zero-order valence-corrected chi connectivity index (χ0v) is 20.2. The molecule has 0 saturated heterocycles. The molecule has 0 saturated carbocycles. The van der Waals surface area contributed by atoms with Crippen molar-refractivity contribution >= 4 is 19.5 Å². The van der Waals surface area contributed by atoms with Gasteiger partial charge >= 0.3 is 13.6 Å². The van der Waals surface area contributed by atoms with Crippen LogP contribution in [0.25, 0.3) is 0 Å². The van der Waals surface area contributed by atoms with Gasteiger partial charge < -0.3 is 38.8 Å². The Bertz CT molecular complexity index is 935. The number of nitrogens with one attached hydrogen (secondary N) is 1. The molecule has 2 rings (SSSR count). The van der Waals surface area contributed by atoms with Crippen LogP contribution in [0, 0.1) is 0 Å². The molecule has 0 aliphatic carbocycles. The first-order chi connectivity index (χ1) is 16.8. The number of aliphatic hydroxyl groups excluding tert-OH is 2. The molecule has 11 nitrogen and oxygen atoms in total. The molecule has 0 aromatic heterocycles. The fourth-order valence-electron chi connectivity index (χ4n) is 3.03. The minimum Gasteiger partial charge on any atom is -0.464 e.